The van der Waals surface area contributed by atoms with Crippen LogP contribution in [-0.4, -0.2) is 18.7 Å². The summed E-state index contributed by atoms with van der Waals surface area (Å²) in [6, 6.07) is 14.1. The van der Waals surface area contributed by atoms with Crippen molar-refractivity contribution in [2.24, 2.45) is 5.10 Å². The molecule has 0 aliphatic carbocycles. The van der Waals surface area contributed by atoms with Crippen molar-refractivity contribution in [3.05, 3.63) is 91.6 Å². The summed E-state index contributed by atoms with van der Waals surface area (Å²) in [6.07, 6.45) is 1.48. The molecule has 0 spiro atoms. The van der Waals surface area contributed by atoms with E-state index in [-0.39, 0.29) is 17.4 Å². The van der Waals surface area contributed by atoms with E-state index in [2.05, 4.69) is 26.5 Å². The first-order valence-corrected chi connectivity index (χ1v) is 11.0. The van der Waals surface area contributed by atoms with Gasteiger partial charge in [-0.15, -0.1) is 0 Å². The number of amides is 1. The Labute approximate surface area is 203 Å². The zero-order chi connectivity index (χ0) is 23.1. The third-order valence-electron chi connectivity index (χ3n) is 4.22. The van der Waals surface area contributed by atoms with E-state index in [4.69, 9.17) is 32.7 Å². The SMILES string of the molecule is CCOc1cc(/C=N\NC(=O)c2ccc(Cl)c(Cl)c2)c(Br)cc1OCc1ccc(F)cc1. The van der Waals surface area contributed by atoms with Crippen LogP contribution in [0.3, 0.4) is 0 Å². The summed E-state index contributed by atoms with van der Waals surface area (Å²) in [5.41, 5.74) is 4.26. The van der Waals surface area contributed by atoms with Crippen LogP contribution in [0.25, 0.3) is 0 Å². The van der Waals surface area contributed by atoms with Gasteiger partial charge in [0.1, 0.15) is 12.4 Å². The summed E-state index contributed by atoms with van der Waals surface area (Å²) in [5.74, 6) is 0.289. The first-order chi connectivity index (χ1) is 15.4. The van der Waals surface area contributed by atoms with E-state index in [0.29, 0.717) is 38.7 Å². The van der Waals surface area contributed by atoms with Crippen LogP contribution in [0.5, 0.6) is 11.5 Å². The number of carbonyl (C=O) groups excluding carboxylic acids is 1. The summed E-state index contributed by atoms with van der Waals surface area (Å²) >= 11 is 15.3. The van der Waals surface area contributed by atoms with Crippen LogP contribution in [0.4, 0.5) is 4.39 Å². The lowest BCUT2D eigenvalue weighted by Gasteiger charge is -2.14. The van der Waals surface area contributed by atoms with E-state index in [0.717, 1.165) is 5.56 Å². The average Bonchev–Trinajstić information content (AvgIpc) is 2.77. The molecule has 3 aromatic carbocycles. The molecule has 3 rings (SSSR count). The second-order valence-electron chi connectivity index (χ2n) is 6.50. The van der Waals surface area contributed by atoms with Crippen molar-refractivity contribution < 1.29 is 18.7 Å². The van der Waals surface area contributed by atoms with Crippen LogP contribution in [0.15, 0.2) is 64.2 Å². The predicted molar refractivity (Wildman–Crippen MR) is 128 cm³/mol. The minimum Gasteiger partial charge on any atom is -0.490 e. The Bertz CT molecular complexity index is 1140. The third-order valence-corrected chi connectivity index (χ3v) is 5.65. The van der Waals surface area contributed by atoms with Gasteiger partial charge in [0.05, 0.1) is 22.9 Å². The summed E-state index contributed by atoms with van der Waals surface area (Å²) in [7, 11) is 0. The van der Waals surface area contributed by atoms with Gasteiger partial charge >= 0.3 is 0 Å². The minimum atomic E-state index is -0.430. The van der Waals surface area contributed by atoms with Crippen LogP contribution in [0, 0.1) is 5.82 Å². The molecule has 0 atom stereocenters. The van der Waals surface area contributed by atoms with Crippen LogP contribution >= 0.6 is 39.1 Å². The Hall–Kier alpha value is -2.61. The van der Waals surface area contributed by atoms with Gasteiger partial charge in [-0.1, -0.05) is 35.3 Å². The van der Waals surface area contributed by atoms with E-state index in [1.807, 2.05) is 6.92 Å². The Morgan fingerprint density at radius 3 is 2.47 bits per heavy atom. The van der Waals surface area contributed by atoms with Gasteiger partial charge in [-0.05, 0) is 70.9 Å². The molecule has 32 heavy (non-hydrogen) atoms. The Morgan fingerprint density at radius 2 is 1.78 bits per heavy atom. The Morgan fingerprint density at radius 1 is 1.06 bits per heavy atom. The average molecular weight is 540 g/mol. The molecule has 0 heterocycles. The van der Waals surface area contributed by atoms with Crippen molar-refractivity contribution in [3.63, 3.8) is 0 Å². The van der Waals surface area contributed by atoms with E-state index >= 15 is 0 Å². The van der Waals surface area contributed by atoms with Crippen molar-refractivity contribution >= 4 is 51.3 Å². The highest BCUT2D eigenvalue weighted by atomic mass is 79.9. The highest BCUT2D eigenvalue weighted by Gasteiger charge is 2.11. The maximum absolute atomic E-state index is 13.1. The van der Waals surface area contributed by atoms with Crippen LogP contribution < -0.4 is 14.9 Å². The van der Waals surface area contributed by atoms with Gasteiger partial charge < -0.3 is 9.47 Å². The normalized spacial score (nSPS) is 10.9. The number of halogens is 4. The summed E-state index contributed by atoms with van der Waals surface area (Å²) in [4.78, 5) is 12.2. The maximum Gasteiger partial charge on any atom is 0.271 e. The van der Waals surface area contributed by atoms with Crippen molar-refractivity contribution in [2.45, 2.75) is 13.5 Å². The van der Waals surface area contributed by atoms with E-state index in [1.165, 1.54) is 30.5 Å². The molecule has 5 nitrogen and oxygen atoms in total. The lowest BCUT2D eigenvalue weighted by molar-refractivity contribution is 0.0955. The third kappa shape index (κ3) is 6.45. The van der Waals surface area contributed by atoms with Gasteiger partial charge in [0, 0.05) is 15.6 Å². The molecule has 0 radical (unpaired) electrons. The number of hydrogen-bond donors (Lipinski definition) is 1. The number of nitrogens with zero attached hydrogens (tertiary/aromatic N) is 1. The van der Waals surface area contributed by atoms with Crippen LogP contribution in [0.1, 0.15) is 28.4 Å². The fraction of sp³-hybridized carbons (Fsp3) is 0.130. The summed E-state index contributed by atoms with van der Waals surface area (Å²) in [6.45, 7) is 2.54. The monoisotopic (exact) mass is 538 g/mol. The number of rotatable bonds is 8. The summed E-state index contributed by atoms with van der Waals surface area (Å²) in [5, 5.41) is 4.64. The zero-order valence-corrected chi connectivity index (χ0v) is 20.0. The van der Waals surface area contributed by atoms with E-state index < -0.39 is 5.91 Å². The molecular weight excluding hydrogens is 522 g/mol. The summed E-state index contributed by atoms with van der Waals surface area (Å²) < 4.78 is 25.3. The van der Waals surface area contributed by atoms with Crippen LogP contribution in [-0.2, 0) is 6.61 Å². The van der Waals surface area contributed by atoms with Gasteiger partial charge in [-0.3, -0.25) is 4.79 Å². The first-order valence-electron chi connectivity index (χ1n) is 9.49. The van der Waals surface area contributed by atoms with E-state index in [1.54, 1.807) is 30.3 Å². The highest BCUT2D eigenvalue weighted by molar-refractivity contribution is 9.10. The number of nitrogens with one attached hydrogen (secondary N) is 1. The van der Waals surface area contributed by atoms with Crippen molar-refractivity contribution in [2.75, 3.05) is 6.61 Å². The molecule has 0 saturated carbocycles. The first kappa shape index (κ1) is 24.0. The molecular formula is C23H18BrCl2FN2O3. The van der Waals surface area contributed by atoms with Crippen LogP contribution in [0.2, 0.25) is 10.0 Å². The zero-order valence-electron chi connectivity index (χ0n) is 16.9. The van der Waals surface area contributed by atoms with Gasteiger partial charge in [-0.2, -0.15) is 5.10 Å². The second-order valence-corrected chi connectivity index (χ2v) is 8.17. The quantitative estimate of drug-likeness (QED) is 0.258. The molecule has 1 amide bonds. The fourth-order valence-electron chi connectivity index (χ4n) is 2.63. The maximum atomic E-state index is 13.1. The van der Waals surface area contributed by atoms with Gasteiger partial charge in [0.2, 0.25) is 0 Å². The molecule has 0 saturated heterocycles. The topological polar surface area (TPSA) is 59.9 Å². The van der Waals surface area contributed by atoms with Gasteiger partial charge in [0.25, 0.3) is 5.91 Å². The predicted octanol–water partition coefficient (Wildman–Crippen LogP) is 6.64. The Kier molecular flexibility index (Phi) is 8.50. The largest absolute Gasteiger partial charge is 0.490 e. The molecule has 1 N–H and O–H groups in total. The van der Waals surface area contributed by atoms with Crippen molar-refractivity contribution in [1.29, 1.82) is 0 Å². The molecule has 0 fully saturated rings. The van der Waals surface area contributed by atoms with Crippen molar-refractivity contribution in [1.82, 2.24) is 5.43 Å². The number of benzene rings is 3. The molecule has 166 valence electrons. The smallest absolute Gasteiger partial charge is 0.271 e. The fourth-order valence-corrected chi connectivity index (χ4v) is 3.36. The minimum absolute atomic E-state index is 0.250. The number of hydrazone groups is 1. The molecule has 0 bridgehead atoms. The highest BCUT2D eigenvalue weighted by Crippen LogP contribution is 2.34. The standard InChI is InChI=1S/C23H18BrCl2FN2O3/c1-2-31-21-10-16(12-28-29-23(30)15-5-8-19(25)20(26)9-15)18(24)11-22(21)32-13-14-3-6-17(27)7-4-14/h3-12H,2,13H2,1H3,(H,29,30)/b28-12-. The molecule has 0 aliphatic heterocycles. The second kappa shape index (κ2) is 11.3. The number of hydrogen-bond acceptors (Lipinski definition) is 4. The number of carbonyl (C=O) groups is 1. The lowest BCUT2D eigenvalue weighted by atomic mass is 10.2. The molecule has 0 aliphatic rings. The van der Waals surface area contributed by atoms with Gasteiger partial charge in [-0.25, -0.2) is 9.82 Å². The molecule has 0 aromatic heterocycles. The molecule has 3 aromatic rings. The number of ether oxygens (including phenoxy) is 2. The van der Waals surface area contributed by atoms with Gasteiger partial charge in [0.15, 0.2) is 11.5 Å². The Balaban J connectivity index is 1.72. The van der Waals surface area contributed by atoms with Crippen molar-refractivity contribution in [3.8, 4) is 11.5 Å². The molecule has 9 heteroatoms. The van der Waals surface area contributed by atoms with E-state index in [9.17, 15) is 9.18 Å². The lowest BCUT2D eigenvalue weighted by Crippen LogP contribution is -2.17. The molecule has 0 unspecified atom stereocenters.